The van der Waals surface area contributed by atoms with Crippen LogP contribution >= 0.6 is 0 Å². The lowest BCUT2D eigenvalue weighted by molar-refractivity contribution is -0.123. The van der Waals surface area contributed by atoms with Crippen LogP contribution in [0, 0.1) is 5.41 Å². The summed E-state index contributed by atoms with van der Waals surface area (Å²) in [6, 6.07) is 6.28. The van der Waals surface area contributed by atoms with E-state index in [-0.39, 0.29) is 11.3 Å². The number of amides is 1. The number of hydrogen-bond acceptors (Lipinski definition) is 2. The van der Waals surface area contributed by atoms with Crippen LogP contribution in [0.15, 0.2) is 18.2 Å². The molecule has 0 fully saturated rings. The van der Waals surface area contributed by atoms with Crippen molar-refractivity contribution in [2.75, 3.05) is 23.3 Å². The summed E-state index contributed by atoms with van der Waals surface area (Å²) in [4.78, 5) is 14.8. The van der Waals surface area contributed by atoms with E-state index in [2.05, 4.69) is 29.3 Å². The van der Waals surface area contributed by atoms with E-state index in [4.69, 9.17) is 0 Å². The monoisotopic (exact) mass is 302 g/mol. The molecule has 0 unspecified atom stereocenters. The average molecular weight is 302 g/mol. The van der Waals surface area contributed by atoms with Gasteiger partial charge in [-0.05, 0) is 24.5 Å². The Morgan fingerprint density at radius 2 is 2.00 bits per heavy atom. The Morgan fingerprint density at radius 3 is 2.68 bits per heavy atom. The highest BCUT2D eigenvalue weighted by atomic mass is 16.2. The minimum Gasteiger partial charge on any atom is -0.369 e. The van der Waals surface area contributed by atoms with E-state index in [0.29, 0.717) is 0 Å². The van der Waals surface area contributed by atoms with Gasteiger partial charge in [-0.25, -0.2) is 0 Å². The Hall–Kier alpha value is -1.51. The van der Waals surface area contributed by atoms with Gasteiger partial charge in [0.2, 0.25) is 5.91 Å². The quantitative estimate of drug-likeness (QED) is 0.778. The highest BCUT2D eigenvalue weighted by Gasteiger charge is 2.26. The molecule has 1 aromatic carbocycles. The standard InChI is InChI=1S/C19H30N2O/c1-5-6-7-8-13-21-14-12-15-10-9-11-16(17(15)21)20-18(22)19(2,3)4/h9-11H,5-8,12-14H2,1-4H3,(H,20,22). The van der Waals surface area contributed by atoms with Gasteiger partial charge in [0.1, 0.15) is 0 Å². The van der Waals surface area contributed by atoms with Crippen molar-refractivity contribution < 1.29 is 4.79 Å². The topological polar surface area (TPSA) is 32.3 Å². The van der Waals surface area contributed by atoms with Crippen LogP contribution in [0.1, 0.15) is 58.9 Å². The molecule has 0 atom stereocenters. The summed E-state index contributed by atoms with van der Waals surface area (Å²) < 4.78 is 0. The molecule has 0 bridgehead atoms. The second-order valence-corrected chi connectivity index (χ2v) is 7.32. The summed E-state index contributed by atoms with van der Waals surface area (Å²) >= 11 is 0. The number of fused-ring (bicyclic) bond motifs is 1. The largest absolute Gasteiger partial charge is 0.369 e. The average Bonchev–Trinajstić information content (AvgIpc) is 2.87. The number of carbonyl (C=O) groups excluding carboxylic acids is 1. The van der Waals surface area contributed by atoms with Crippen LogP contribution in [0.3, 0.4) is 0 Å². The highest BCUT2D eigenvalue weighted by molar-refractivity contribution is 5.98. The predicted octanol–water partition coefficient (Wildman–Crippen LogP) is 4.61. The number of hydrogen-bond donors (Lipinski definition) is 1. The molecule has 1 aromatic rings. The van der Waals surface area contributed by atoms with Crippen molar-refractivity contribution in [2.45, 2.75) is 59.8 Å². The normalized spacial score (nSPS) is 14.1. The minimum atomic E-state index is -0.368. The van der Waals surface area contributed by atoms with Gasteiger partial charge in [-0.15, -0.1) is 0 Å². The van der Waals surface area contributed by atoms with Crippen LogP contribution in [-0.4, -0.2) is 19.0 Å². The lowest BCUT2D eigenvalue weighted by Gasteiger charge is -2.24. The molecule has 122 valence electrons. The maximum Gasteiger partial charge on any atom is 0.229 e. The van der Waals surface area contributed by atoms with Gasteiger partial charge in [0.05, 0.1) is 11.4 Å². The van der Waals surface area contributed by atoms with Crippen molar-refractivity contribution in [3.8, 4) is 0 Å². The molecule has 0 aliphatic carbocycles. The van der Waals surface area contributed by atoms with Gasteiger partial charge in [0.15, 0.2) is 0 Å². The van der Waals surface area contributed by atoms with Crippen molar-refractivity contribution in [2.24, 2.45) is 5.41 Å². The summed E-state index contributed by atoms with van der Waals surface area (Å²) in [5.41, 5.74) is 3.22. The van der Waals surface area contributed by atoms with Gasteiger partial charge in [-0.3, -0.25) is 4.79 Å². The summed E-state index contributed by atoms with van der Waals surface area (Å²) in [6.07, 6.45) is 6.18. The number of nitrogens with zero attached hydrogens (tertiary/aromatic N) is 1. The van der Waals surface area contributed by atoms with Crippen LogP contribution in [-0.2, 0) is 11.2 Å². The first-order valence-electron chi connectivity index (χ1n) is 8.61. The van der Waals surface area contributed by atoms with E-state index in [0.717, 1.165) is 25.2 Å². The third-order valence-corrected chi connectivity index (χ3v) is 4.30. The number of nitrogens with one attached hydrogen (secondary N) is 1. The molecule has 22 heavy (non-hydrogen) atoms. The number of carbonyl (C=O) groups is 1. The molecule has 2 rings (SSSR count). The van der Waals surface area contributed by atoms with Gasteiger partial charge in [-0.2, -0.15) is 0 Å². The van der Waals surface area contributed by atoms with Crippen LogP contribution in [0.25, 0.3) is 0 Å². The van der Waals surface area contributed by atoms with Gasteiger partial charge >= 0.3 is 0 Å². The fourth-order valence-electron chi connectivity index (χ4n) is 2.90. The second kappa shape index (κ2) is 7.17. The molecule has 0 radical (unpaired) electrons. The fraction of sp³-hybridized carbons (Fsp3) is 0.632. The number of rotatable bonds is 6. The summed E-state index contributed by atoms with van der Waals surface area (Å²) in [7, 11) is 0. The molecular weight excluding hydrogens is 272 g/mol. The van der Waals surface area contributed by atoms with E-state index in [1.807, 2.05) is 26.8 Å². The van der Waals surface area contributed by atoms with Crippen molar-refractivity contribution in [3.05, 3.63) is 23.8 Å². The van der Waals surface area contributed by atoms with Crippen LogP contribution < -0.4 is 10.2 Å². The van der Waals surface area contributed by atoms with E-state index in [9.17, 15) is 4.79 Å². The lowest BCUT2D eigenvalue weighted by atomic mass is 9.95. The van der Waals surface area contributed by atoms with Crippen LogP contribution in [0.5, 0.6) is 0 Å². The van der Waals surface area contributed by atoms with Gasteiger partial charge in [0.25, 0.3) is 0 Å². The zero-order valence-corrected chi connectivity index (χ0v) is 14.5. The summed E-state index contributed by atoms with van der Waals surface area (Å²) in [6.45, 7) is 10.3. The molecule has 1 N–H and O–H groups in total. The summed E-state index contributed by atoms with van der Waals surface area (Å²) in [5, 5.41) is 3.13. The Morgan fingerprint density at radius 1 is 1.23 bits per heavy atom. The molecule has 3 nitrogen and oxygen atoms in total. The van der Waals surface area contributed by atoms with Gasteiger partial charge < -0.3 is 10.2 Å². The smallest absolute Gasteiger partial charge is 0.229 e. The SMILES string of the molecule is CCCCCCN1CCc2cccc(NC(=O)C(C)(C)C)c21. The third-order valence-electron chi connectivity index (χ3n) is 4.30. The Labute approximate surface area is 135 Å². The Balaban J connectivity index is 2.10. The molecular formula is C19H30N2O. The van der Waals surface area contributed by atoms with Crippen molar-refractivity contribution in [1.82, 2.24) is 0 Å². The molecule has 1 aliphatic rings. The molecule has 0 aromatic heterocycles. The fourth-order valence-corrected chi connectivity index (χ4v) is 2.90. The molecule has 3 heteroatoms. The second-order valence-electron chi connectivity index (χ2n) is 7.32. The molecule has 1 amide bonds. The van der Waals surface area contributed by atoms with E-state index >= 15 is 0 Å². The number of benzene rings is 1. The van der Waals surface area contributed by atoms with Crippen LogP contribution in [0.4, 0.5) is 11.4 Å². The predicted molar refractivity (Wildman–Crippen MR) is 94.6 cm³/mol. The van der Waals surface area contributed by atoms with E-state index in [1.54, 1.807) is 0 Å². The highest BCUT2D eigenvalue weighted by Crippen LogP contribution is 2.36. The Kier molecular flexibility index (Phi) is 5.49. The van der Waals surface area contributed by atoms with E-state index in [1.165, 1.54) is 36.9 Å². The number of para-hydroxylation sites is 1. The summed E-state index contributed by atoms with van der Waals surface area (Å²) in [5.74, 6) is 0.0822. The Bertz CT molecular complexity index is 517. The molecule has 1 aliphatic heterocycles. The number of anilines is 2. The zero-order chi connectivity index (χ0) is 16.2. The maximum absolute atomic E-state index is 12.3. The minimum absolute atomic E-state index is 0.0822. The molecule has 1 heterocycles. The zero-order valence-electron chi connectivity index (χ0n) is 14.5. The first kappa shape index (κ1) is 16.9. The van der Waals surface area contributed by atoms with E-state index < -0.39 is 0 Å². The van der Waals surface area contributed by atoms with Crippen molar-refractivity contribution in [3.63, 3.8) is 0 Å². The first-order chi connectivity index (χ1) is 10.4. The number of unbranched alkanes of at least 4 members (excludes halogenated alkanes) is 3. The molecule has 0 saturated heterocycles. The molecule has 0 saturated carbocycles. The van der Waals surface area contributed by atoms with Crippen molar-refractivity contribution >= 4 is 17.3 Å². The molecule has 0 spiro atoms. The first-order valence-corrected chi connectivity index (χ1v) is 8.61. The van der Waals surface area contributed by atoms with Gasteiger partial charge in [0, 0.05) is 18.5 Å². The van der Waals surface area contributed by atoms with Gasteiger partial charge in [-0.1, -0.05) is 59.1 Å². The third kappa shape index (κ3) is 4.02. The van der Waals surface area contributed by atoms with Crippen LogP contribution in [0.2, 0.25) is 0 Å². The van der Waals surface area contributed by atoms with Crippen molar-refractivity contribution in [1.29, 1.82) is 0 Å². The lowest BCUT2D eigenvalue weighted by Crippen LogP contribution is -2.29. The maximum atomic E-state index is 12.3.